The van der Waals surface area contributed by atoms with Gasteiger partial charge in [-0.15, -0.1) is 0 Å². The van der Waals surface area contributed by atoms with Crippen LogP contribution in [0.25, 0.3) is 0 Å². The zero-order chi connectivity index (χ0) is 46.5. The van der Waals surface area contributed by atoms with Gasteiger partial charge in [0.15, 0.2) is 18.9 Å². The lowest BCUT2D eigenvalue weighted by Crippen LogP contribution is -2.66. The fourth-order valence-corrected chi connectivity index (χ4v) is 16.2. The van der Waals surface area contributed by atoms with Crippen LogP contribution in [0.3, 0.4) is 0 Å². The second-order valence-electron chi connectivity index (χ2n) is 23.4. The van der Waals surface area contributed by atoms with E-state index in [2.05, 4.69) is 34.6 Å². The number of ether oxygens (including phenoxy) is 7. The van der Waals surface area contributed by atoms with E-state index in [4.69, 9.17) is 33.2 Å². The quantitative estimate of drug-likeness (QED) is 0.133. The third kappa shape index (κ3) is 6.93. The number of hydrogen-bond donors (Lipinski definition) is 11. The molecule has 5 saturated carbocycles. The van der Waals surface area contributed by atoms with Crippen molar-refractivity contribution in [2.45, 2.75) is 222 Å². The number of aliphatic hydroxyl groups excluding tert-OH is 11. The van der Waals surface area contributed by atoms with E-state index >= 15 is 0 Å². The molecule has 0 unspecified atom stereocenters. The van der Waals surface area contributed by atoms with Crippen molar-refractivity contribution in [2.75, 3.05) is 19.8 Å². The molecule has 4 saturated heterocycles. The van der Waals surface area contributed by atoms with Gasteiger partial charge in [0.1, 0.15) is 61.0 Å². The Hall–Kier alpha value is -0.720. The van der Waals surface area contributed by atoms with Gasteiger partial charge in [0.25, 0.3) is 0 Å². The summed E-state index contributed by atoms with van der Waals surface area (Å²) in [7, 11) is 0. The number of rotatable bonds is 8. The smallest absolute Gasteiger partial charge is 0.186 e. The molecule has 368 valence electrons. The molecule has 18 nitrogen and oxygen atoms in total. The lowest BCUT2D eigenvalue weighted by molar-refractivity contribution is -0.360. The van der Waals surface area contributed by atoms with Crippen LogP contribution in [-0.2, 0) is 33.2 Å². The van der Waals surface area contributed by atoms with Crippen LogP contribution in [0.1, 0.15) is 106 Å². The Kier molecular flexibility index (Phi) is 12.2. The van der Waals surface area contributed by atoms with E-state index in [-0.39, 0.29) is 47.2 Å². The van der Waals surface area contributed by atoms with Gasteiger partial charge in [-0.1, -0.05) is 27.7 Å². The highest BCUT2D eigenvalue weighted by atomic mass is 16.8. The largest absolute Gasteiger partial charge is 0.394 e. The van der Waals surface area contributed by atoms with Crippen molar-refractivity contribution >= 4 is 0 Å². The van der Waals surface area contributed by atoms with Gasteiger partial charge in [-0.25, -0.2) is 0 Å². The topological polar surface area (TPSA) is 287 Å². The maximum Gasteiger partial charge on any atom is 0.186 e. The van der Waals surface area contributed by atoms with Crippen molar-refractivity contribution in [3.8, 4) is 0 Å². The van der Waals surface area contributed by atoms with Crippen molar-refractivity contribution in [2.24, 2.45) is 44.8 Å². The van der Waals surface area contributed by atoms with Gasteiger partial charge in [0.05, 0.1) is 55.4 Å². The molecule has 0 aromatic rings. The van der Waals surface area contributed by atoms with Gasteiger partial charge >= 0.3 is 0 Å². The molecule has 2 spiro atoms. The second kappa shape index (κ2) is 16.2. The van der Waals surface area contributed by atoms with Gasteiger partial charge in [0.2, 0.25) is 0 Å². The van der Waals surface area contributed by atoms with E-state index in [1.165, 1.54) is 0 Å². The highest BCUT2D eigenvalue weighted by molar-refractivity contribution is 5.33. The average molecular weight is 917 g/mol. The van der Waals surface area contributed by atoms with E-state index in [1.807, 2.05) is 13.8 Å². The van der Waals surface area contributed by atoms with Gasteiger partial charge in [-0.2, -0.15) is 0 Å². The Balaban J connectivity index is 1.05. The van der Waals surface area contributed by atoms with Crippen LogP contribution in [0.2, 0.25) is 0 Å². The first-order valence-corrected chi connectivity index (χ1v) is 23.8. The number of hydrogen-bond acceptors (Lipinski definition) is 18. The summed E-state index contributed by atoms with van der Waals surface area (Å²) in [5, 5.41) is 119. The molecule has 25 atom stereocenters. The van der Waals surface area contributed by atoms with Crippen molar-refractivity contribution < 1.29 is 89.3 Å². The fraction of sp³-hybridized carbons (Fsp3) is 1.00. The SMILES string of the molecule is CC1(C)O[C@@](C)([C@H]2[C@@H](O)C[C@]3(C)[C@H]4C[C@H](O[C@H]5O[C@@H](CO)[C@H](O)[C@@H](O)[C@@H]5O)[C@H]5C(C)(C)[C@@H](O[C@@H]6OC[C@@H](O)[C@H](O)[C@H]6O[C@@H]6OC[C@H](O)[C@H](O)[C@H]6O)CC[C@@]56C[C@@]46CC[C@]23C)CC[C@@H]1O. The Morgan fingerprint density at radius 1 is 0.578 bits per heavy atom. The van der Waals surface area contributed by atoms with Crippen molar-refractivity contribution in [1.82, 2.24) is 0 Å². The summed E-state index contributed by atoms with van der Waals surface area (Å²) in [6, 6.07) is 0. The van der Waals surface area contributed by atoms with Crippen LogP contribution < -0.4 is 0 Å². The van der Waals surface area contributed by atoms with Crippen LogP contribution in [0, 0.1) is 44.8 Å². The van der Waals surface area contributed by atoms with Gasteiger partial charge in [-0.05, 0) is 117 Å². The first-order valence-electron chi connectivity index (χ1n) is 23.8. The predicted molar refractivity (Wildman–Crippen MR) is 220 cm³/mol. The van der Waals surface area contributed by atoms with E-state index in [0.717, 1.165) is 19.3 Å². The lowest BCUT2D eigenvalue weighted by atomic mass is 9.41. The number of fused-ring (bicyclic) bond motifs is 2. The fourth-order valence-electron chi connectivity index (χ4n) is 16.2. The molecule has 0 radical (unpaired) electrons. The maximum absolute atomic E-state index is 12.3. The van der Waals surface area contributed by atoms with Crippen molar-refractivity contribution in [3.63, 3.8) is 0 Å². The molecule has 0 aromatic carbocycles. The minimum absolute atomic E-state index is 0.0375. The van der Waals surface area contributed by atoms with Gasteiger partial charge in [-0.3, -0.25) is 0 Å². The van der Waals surface area contributed by atoms with Gasteiger partial charge < -0.3 is 89.3 Å². The molecule has 11 N–H and O–H groups in total. The van der Waals surface area contributed by atoms with E-state index in [1.54, 1.807) is 0 Å². The summed E-state index contributed by atoms with van der Waals surface area (Å²) in [4.78, 5) is 0. The van der Waals surface area contributed by atoms with Crippen LogP contribution in [-0.4, -0.2) is 192 Å². The molecule has 9 fully saturated rings. The zero-order valence-electron chi connectivity index (χ0n) is 38.3. The minimum Gasteiger partial charge on any atom is -0.394 e. The Morgan fingerprint density at radius 3 is 1.91 bits per heavy atom. The zero-order valence-corrected chi connectivity index (χ0v) is 38.3. The highest BCUT2D eigenvalue weighted by Crippen LogP contribution is 2.89. The van der Waals surface area contributed by atoms with E-state index < -0.39 is 133 Å². The normalized spacial score (nSPS) is 59.0. The molecule has 4 heterocycles. The first-order chi connectivity index (χ1) is 29.8. The molecular formula is C46H76O18. The lowest BCUT2D eigenvalue weighted by Gasteiger charge is -2.66. The Labute approximate surface area is 375 Å². The summed E-state index contributed by atoms with van der Waals surface area (Å²) in [5.74, 6) is -0.437. The molecule has 0 aromatic heterocycles. The number of aliphatic hydroxyl groups is 11. The first kappa shape index (κ1) is 48.3. The Morgan fingerprint density at radius 2 is 1.23 bits per heavy atom. The average Bonchev–Trinajstić information content (AvgIpc) is 3.82. The molecule has 64 heavy (non-hydrogen) atoms. The highest BCUT2D eigenvalue weighted by Gasteiger charge is 2.85. The molecule has 0 bridgehead atoms. The van der Waals surface area contributed by atoms with Crippen LogP contribution in [0.4, 0.5) is 0 Å². The summed E-state index contributed by atoms with van der Waals surface area (Å²) in [5.41, 5.74) is -3.44. The van der Waals surface area contributed by atoms with Crippen molar-refractivity contribution in [3.05, 3.63) is 0 Å². The third-order valence-corrected chi connectivity index (χ3v) is 19.5. The third-order valence-electron chi connectivity index (χ3n) is 19.5. The molecule has 9 rings (SSSR count). The standard InChI is InChI=1S/C46H76O18/c1-40(2)27(62-39-34(29(53)22(50)18-59-39)63-37-32(56)28(52)21(49)17-58-37)9-11-46-19-45(46)13-12-42(5)35(44(7)10-8-26(51)41(3,4)64-44)20(48)15-43(42,6)25(45)14-23(36(40)46)60-38-33(57)31(55)30(54)24(16-47)61-38/h20-39,47-57H,8-19H2,1-7H3/t20-,21-,22+,23-,24-,25+,26-,27-,28-,29-,30-,31+,32+,33-,34+,35-,36-,37-,38-,39-,42+,43+,44+,45-,46+/m0/s1. The molecule has 4 aliphatic heterocycles. The monoisotopic (exact) mass is 917 g/mol. The summed E-state index contributed by atoms with van der Waals surface area (Å²) in [6.07, 6.45) is -15.4. The van der Waals surface area contributed by atoms with Crippen molar-refractivity contribution in [1.29, 1.82) is 0 Å². The van der Waals surface area contributed by atoms with Crippen LogP contribution >= 0.6 is 0 Å². The summed E-state index contributed by atoms with van der Waals surface area (Å²) in [6.45, 7) is 13.5. The molecular weight excluding hydrogens is 840 g/mol. The molecule has 5 aliphatic carbocycles. The molecule has 9 aliphatic rings. The van der Waals surface area contributed by atoms with Crippen LogP contribution in [0.5, 0.6) is 0 Å². The van der Waals surface area contributed by atoms with E-state index in [0.29, 0.717) is 38.5 Å². The molecule has 18 heteroatoms. The second-order valence-corrected chi connectivity index (χ2v) is 23.4. The Bertz CT molecular complexity index is 1720. The summed E-state index contributed by atoms with van der Waals surface area (Å²) < 4.78 is 44.2. The summed E-state index contributed by atoms with van der Waals surface area (Å²) >= 11 is 0. The predicted octanol–water partition coefficient (Wildman–Crippen LogP) is -0.813. The maximum atomic E-state index is 12.3. The van der Waals surface area contributed by atoms with Gasteiger partial charge in [0, 0.05) is 5.92 Å². The van der Waals surface area contributed by atoms with Crippen LogP contribution in [0.15, 0.2) is 0 Å². The minimum atomic E-state index is -1.67. The van der Waals surface area contributed by atoms with E-state index in [9.17, 15) is 56.2 Å². The molecule has 0 amide bonds.